The zero-order valence-electron chi connectivity index (χ0n) is 13.8. The molecule has 0 spiro atoms. The van der Waals surface area contributed by atoms with Crippen LogP contribution in [0.2, 0.25) is 0 Å². The van der Waals surface area contributed by atoms with Crippen molar-refractivity contribution in [2.24, 2.45) is 5.92 Å². The normalized spacial score (nSPS) is 14.2. The van der Waals surface area contributed by atoms with Gasteiger partial charge in [0.05, 0.1) is 22.5 Å². The van der Waals surface area contributed by atoms with Crippen LogP contribution in [-0.4, -0.2) is 26.9 Å². The second-order valence-electron chi connectivity index (χ2n) is 6.37. The predicted octanol–water partition coefficient (Wildman–Crippen LogP) is 4.17. The Morgan fingerprint density at radius 1 is 1.29 bits per heavy atom. The summed E-state index contributed by atoms with van der Waals surface area (Å²) >= 11 is 1.50. The SMILES string of the molecule is CCN(Cc1nc2ccccc2n1CC1CC1)C(=O)c1cccs1. The Balaban J connectivity index is 1.66. The van der Waals surface area contributed by atoms with Crippen LogP contribution in [0.1, 0.15) is 35.3 Å². The highest BCUT2D eigenvalue weighted by Gasteiger charge is 2.25. The zero-order valence-corrected chi connectivity index (χ0v) is 14.6. The molecule has 1 amide bonds. The van der Waals surface area contributed by atoms with Gasteiger partial charge in [-0.05, 0) is 49.3 Å². The quantitative estimate of drug-likeness (QED) is 0.676. The lowest BCUT2D eigenvalue weighted by atomic mass is 10.3. The number of para-hydroxylation sites is 2. The van der Waals surface area contributed by atoms with Crippen molar-refractivity contribution in [2.45, 2.75) is 32.9 Å². The lowest BCUT2D eigenvalue weighted by Gasteiger charge is -2.20. The maximum Gasteiger partial charge on any atom is 0.264 e. The molecule has 0 atom stereocenters. The third-order valence-corrected chi connectivity index (χ3v) is 5.46. The topological polar surface area (TPSA) is 38.1 Å². The molecule has 1 aliphatic carbocycles. The van der Waals surface area contributed by atoms with Crippen molar-refractivity contribution in [1.29, 1.82) is 0 Å². The first-order valence-electron chi connectivity index (χ1n) is 8.53. The summed E-state index contributed by atoms with van der Waals surface area (Å²) in [5, 5.41) is 1.95. The van der Waals surface area contributed by atoms with E-state index < -0.39 is 0 Å². The van der Waals surface area contributed by atoms with E-state index in [1.807, 2.05) is 35.4 Å². The first kappa shape index (κ1) is 15.4. The second-order valence-corrected chi connectivity index (χ2v) is 7.32. The summed E-state index contributed by atoms with van der Waals surface area (Å²) < 4.78 is 2.32. The zero-order chi connectivity index (χ0) is 16.5. The summed E-state index contributed by atoms with van der Waals surface area (Å²) in [6.07, 6.45) is 2.61. The number of nitrogens with zero attached hydrogens (tertiary/aromatic N) is 3. The van der Waals surface area contributed by atoms with E-state index in [0.29, 0.717) is 13.1 Å². The van der Waals surface area contributed by atoms with E-state index >= 15 is 0 Å². The average molecular weight is 339 g/mol. The van der Waals surface area contributed by atoms with Crippen molar-refractivity contribution in [1.82, 2.24) is 14.5 Å². The third-order valence-electron chi connectivity index (χ3n) is 4.60. The van der Waals surface area contributed by atoms with Gasteiger partial charge in [0, 0.05) is 13.1 Å². The molecule has 2 heterocycles. The monoisotopic (exact) mass is 339 g/mol. The Bertz CT molecular complexity index is 849. The molecule has 1 fully saturated rings. The number of thiophene rings is 1. The molecule has 0 radical (unpaired) electrons. The molecule has 24 heavy (non-hydrogen) atoms. The Hall–Kier alpha value is -2.14. The van der Waals surface area contributed by atoms with Gasteiger partial charge in [-0.3, -0.25) is 4.79 Å². The maximum absolute atomic E-state index is 12.7. The largest absolute Gasteiger partial charge is 0.331 e. The molecule has 0 saturated heterocycles. The summed E-state index contributed by atoms with van der Waals surface area (Å²) in [6, 6.07) is 12.1. The number of benzene rings is 1. The molecule has 3 aromatic rings. The first-order chi connectivity index (χ1) is 11.8. The van der Waals surface area contributed by atoms with Crippen LogP contribution in [0.15, 0.2) is 41.8 Å². The molecule has 1 aliphatic rings. The van der Waals surface area contributed by atoms with Gasteiger partial charge in [0.15, 0.2) is 0 Å². The van der Waals surface area contributed by atoms with Crippen molar-refractivity contribution in [2.75, 3.05) is 6.54 Å². The summed E-state index contributed by atoms with van der Waals surface area (Å²) in [5.41, 5.74) is 2.20. The predicted molar refractivity (Wildman–Crippen MR) is 97.2 cm³/mol. The fraction of sp³-hybridized carbons (Fsp3) is 0.368. The molecule has 4 nitrogen and oxygen atoms in total. The third kappa shape index (κ3) is 2.96. The first-order valence-corrected chi connectivity index (χ1v) is 9.41. The fourth-order valence-corrected chi connectivity index (χ4v) is 3.75. The number of amides is 1. The molecule has 0 aliphatic heterocycles. The number of carbonyl (C=O) groups excluding carboxylic acids is 1. The van der Waals surface area contributed by atoms with E-state index in [1.54, 1.807) is 0 Å². The van der Waals surface area contributed by atoms with Gasteiger partial charge in [0.25, 0.3) is 5.91 Å². The Kier molecular flexibility index (Phi) is 4.10. The molecule has 0 unspecified atom stereocenters. The van der Waals surface area contributed by atoms with Gasteiger partial charge in [-0.25, -0.2) is 4.98 Å². The lowest BCUT2D eigenvalue weighted by molar-refractivity contribution is 0.0751. The number of carbonyl (C=O) groups is 1. The number of hydrogen-bond donors (Lipinski definition) is 0. The van der Waals surface area contributed by atoms with Crippen molar-refractivity contribution >= 4 is 28.3 Å². The highest BCUT2D eigenvalue weighted by molar-refractivity contribution is 7.12. The van der Waals surface area contributed by atoms with E-state index in [4.69, 9.17) is 4.98 Å². The van der Waals surface area contributed by atoms with Gasteiger partial charge in [-0.2, -0.15) is 0 Å². The molecule has 5 heteroatoms. The van der Waals surface area contributed by atoms with Crippen LogP contribution in [0.4, 0.5) is 0 Å². The Morgan fingerprint density at radius 3 is 2.83 bits per heavy atom. The summed E-state index contributed by atoms with van der Waals surface area (Å²) in [5.74, 6) is 1.86. The van der Waals surface area contributed by atoms with Gasteiger partial charge in [-0.1, -0.05) is 18.2 Å². The van der Waals surface area contributed by atoms with Gasteiger partial charge in [0.2, 0.25) is 0 Å². The smallest absolute Gasteiger partial charge is 0.264 e. The fourth-order valence-electron chi connectivity index (χ4n) is 3.06. The highest BCUT2D eigenvalue weighted by atomic mass is 32.1. The summed E-state index contributed by atoms with van der Waals surface area (Å²) in [7, 11) is 0. The van der Waals surface area contributed by atoms with Crippen molar-refractivity contribution in [3.8, 4) is 0 Å². The average Bonchev–Trinajstić information content (AvgIpc) is 3.13. The number of aromatic nitrogens is 2. The van der Waals surface area contributed by atoms with E-state index in [-0.39, 0.29) is 5.91 Å². The van der Waals surface area contributed by atoms with E-state index in [0.717, 1.165) is 28.7 Å². The standard InChI is InChI=1S/C19H21N3OS/c1-2-21(19(23)17-8-5-11-24-17)13-18-20-15-6-3-4-7-16(15)22(18)12-14-9-10-14/h3-8,11,14H,2,9-10,12-13H2,1H3. The van der Waals surface area contributed by atoms with Gasteiger partial charge >= 0.3 is 0 Å². The van der Waals surface area contributed by atoms with Gasteiger partial charge in [0.1, 0.15) is 5.82 Å². The highest BCUT2D eigenvalue weighted by Crippen LogP contribution is 2.32. The molecule has 2 aromatic heterocycles. The van der Waals surface area contributed by atoms with Crippen LogP contribution in [0.5, 0.6) is 0 Å². The molecular weight excluding hydrogens is 318 g/mol. The number of hydrogen-bond acceptors (Lipinski definition) is 3. The molecule has 4 rings (SSSR count). The van der Waals surface area contributed by atoms with E-state index in [1.165, 1.54) is 29.7 Å². The van der Waals surface area contributed by atoms with E-state index in [2.05, 4.69) is 22.8 Å². The van der Waals surface area contributed by atoms with Crippen molar-refractivity contribution in [3.05, 3.63) is 52.5 Å². The van der Waals surface area contributed by atoms with Crippen molar-refractivity contribution < 1.29 is 4.79 Å². The minimum Gasteiger partial charge on any atom is -0.331 e. The summed E-state index contributed by atoms with van der Waals surface area (Å²) in [6.45, 7) is 4.29. The molecule has 124 valence electrons. The van der Waals surface area contributed by atoms with Gasteiger partial charge in [-0.15, -0.1) is 11.3 Å². The second kappa shape index (κ2) is 6.40. The van der Waals surface area contributed by atoms with Crippen LogP contribution < -0.4 is 0 Å². The molecular formula is C19H21N3OS. The maximum atomic E-state index is 12.7. The number of imidazole rings is 1. The Morgan fingerprint density at radius 2 is 2.12 bits per heavy atom. The van der Waals surface area contributed by atoms with Crippen LogP contribution in [-0.2, 0) is 13.1 Å². The summed E-state index contributed by atoms with van der Waals surface area (Å²) in [4.78, 5) is 20.2. The van der Waals surface area contributed by atoms with Crippen LogP contribution in [0.25, 0.3) is 11.0 Å². The molecule has 1 aromatic carbocycles. The minimum atomic E-state index is 0.0949. The molecule has 1 saturated carbocycles. The molecule has 0 N–H and O–H groups in total. The van der Waals surface area contributed by atoms with Crippen LogP contribution in [0, 0.1) is 5.92 Å². The van der Waals surface area contributed by atoms with Crippen LogP contribution in [0.3, 0.4) is 0 Å². The lowest BCUT2D eigenvalue weighted by Crippen LogP contribution is -2.31. The minimum absolute atomic E-state index is 0.0949. The van der Waals surface area contributed by atoms with Crippen LogP contribution >= 0.6 is 11.3 Å². The number of fused-ring (bicyclic) bond motifs is 1. The van der Waals surface area contributed by atoms with E-state index in [9.17, 15) is 4.79 Å². The number of rotatable bonds is 6. The van der Waals surface area contributed by atoms with Crippen molar-refractivity contribution in [3.63, 3.8) is 0 Å². The molecule has 0 bridgehead atoms. The van der Waals surface area contributed by atoms with Gasteiger partial charge < -0.3 is 9.47 Å². The Labute approximate surface area is 145 Å².